The van der Waals surface area contributed by atoms with E-state index in [1.807, 2.05) is 12.1 Å². The first-order valence-corrected chi connectivity index (χ1v) is 11.8. The third kappa shape index (κ3) is 4.65. The summed E-state index contributed by atoms with van der Waals surface area (Å²) in [6.07, 6.45) is 3.15. The van der Waals surface area contributed by atoms with Gasteiger partial charge in [-0.05, 0) is 17.7 Å². The van der Waals surface area contributed by atoms with Gasteiger partial charge in [0.25, 0.3) is 5.56 Å². The van der Waals surface area contributed by atoms with E-state index in [1.54, 1.807) is 12.3 Å². The summed E-state index contributed by atoms with van der Waals surface area (Å²) in [5.41, 5.74) is 1.80. The van der Waals surface area contributed by atoms with Crippen LogP contribution in [0.3, 0.4) is 0 Å². The molecule has 0 radical (unpaired) electrons. The third-order valence-corrected chi connectivity index (χ3v) is 6.53. The molecule has 36 heavy (non-hydrogen) atoms. The molecule has 3 aromatic heterocycles. The Labute approximate surface area is 207 Å². The molecule has 186 valence electrons. The summed E-state index contributed by atoms with van der Waals surface area (Å²) in [6.45, 7) is 4.58. The predicted molar refractivity (Wildman–Crippen MR) is 137 cm³/mol. The van der Waals surface area contributed by atoms with Gasteiger partial charge in [0.2, 0.25) is 5.91 Å². The number of hydrogen-bond acceptors (Lipinski definition) is 7. The molecular weight excluding hydrogens is 460 g/mol. The lowest BCUT2D eigenvalue weighted by Crippen LogP contribution is -2.46. The van der Waals surface area contributed by atoms with E-state index in [0.29, 0.717) is 5.82 Å². The van der Waals surface area contributed by atoms with E-state index in [9.17, 15) is 14.4 Å². The Bertz CT molecular complexity index is 1500. The molecule has 1 saturated heterocycles. The topological polar surface area (TPSA) is 110 Å². The average molecular weight is 489 g/mol. The minimum absolute atomic E-state index is 0.128. The van der Waals surface area contributed by atoms with Gasteiger partial charge in [-0.1, -0.05) is 30.3 Å². The molecule has 1 N–H and O–H groups in total. The zero-order valence-corrected chi connectivity index (χ0v) is 20.3. The minimum atomic E-state index is -0.496. The number of amides is 1. The summed E-state index contributed by atoms with van der Waals surface area (Å²) >= 11 is 0. The quantitative estimate of drug-likeness (QED) is 0.427. The lowest BCUT2D eigenvalue weighted by Gasteiger charge is -2.36. The number of carbonyl (C=O) groups is 1. The van der Waals surface area contributed by atoms with Crippen molar-refractivity contribution in [1.82, 2.24) is 28.6 Å². The van der Waals surface area contributed by atoms with E-state index in [0.717, 1.165) is 43.0 Å². The Morgan fingerprint density at radius 1 is 0.944 bits per heavy atom. The Morgan fingerprint density at radius 2 is 1.69 bits per heavy atom. The molecule has 4 heterocycles. The van der Waals surface area contributed by atoms with E-state index >= 15 is 0 Å². The van der Waals surface area contributed by atoms with Crippen molar-refractivity contribution in [1.29, 1.82) is 0 Å². The van der Waals surface area contributed by atoms with Gasteiger partial charge in [0.1, 0.15) is 12.4 Å². The zero-order valence-electron chi connectivity index (χ0n) is 20.3. The van der Waals surface area contributed by atoms with Gasteiger partial charge in [-0.2, -0.15) is 0 Å². The highest BCUT2D eigenvalue weighted by atomic mass is 16.2. The van der Waals surface area contributed by atoms with Gasteiger partial charge in [0, 0.05) is 46.8 Å². The highest BCUT2D eigenvalue weighted by Gasteiger charge is 2.19. The van der Waals surface area contributed by atoms with Crippen LogP contribution in [0, 0.1) is 0 Å². The highest BCUT2D eigenvalue weighted by Crippen LogP contribution is 2.18. The fraction of sp³-hybridized carbons (Fsp3) is 0.320. The Kier molecular flexibility index (Phi) is 6.38. The van der Waals surface area contributed by atoms with E-state index in [1.165, 1.54) is 35.1 Å². The molecule has 0 spiro atoms. The van der Waals surface area contributed by atoms with Gasteiger partial charge in [-0.25, -0.2) is 14.8 Å². The lowest BCUT2D eigenvalue weighted by molar-refractivity contribution is -0.116. The van der Waals surface area contributed by atoms with Crippen LogP contribution in [0.2, 0.25) is 0 Å². The molecule has 0 saturated carbocycles. The number of imidazole rings is 1. The number of piperazine rings is 1. The van der Waals surface area contributed by atoms with Crippen molar-refractivity contribution in [3.63, 3.8) is 0 Å². The van der Waals surface area contributed by atoms with Crippen LogP contribution in [0.5, 0.6) is 0 Å². The molecule has 0 bridgehead atoms. The summed E-state index contributed by atoms with van der Waals surface area (Å²) in [7, 11) is 2.94. The molecule has 11 heteroatoms. The van der Waals surface area contributed by atoms with Crippen LogP contribution in [0.25, 0.3) is 11.2 Å². The molecular formula is C25H28N8O3. The van der Waals surface area contributed by atoms with Crippen LogP contribution in [-0.2, 0) is 32.0 Å². The van der Waals surface area contributed by atoms with Crippen molar-refractivity contribution in [2.24, 2.45) is 14.1 Å². The van der Waals surface area contributed by atoms with Crippen LogP contribution in [0.15, 0.2) is 64.6 Å². The molecule has 1 aliphatic rings. The number of nitrogens with zero attached hydrogens (tertiary/aromatic N) is 7. The molecule has 0 aliphatic carbocycles. The number of rotatable bonds is 6. The summed E-state index contributed by atoms with van der Waals surface area (Å²) in [4.78, 5) is 50.6. The minimum Gasteiger partial charge on any atom is -0.368 e. The van der Waals surface area contributed by atoms with Crippen LogP contribution >= 0.6 is 0 Å². The normalized spacial score (nSPS) is 14.3. The standard InChI is InChI=1S/C25H28N8O3/c1-29-23-22(24(35)30(2)25(29)36)33(17-27-23)16-21(34)28-20-9-8-19(14-26-20)32-12-10-31(11-13-32)15-18-6-4-3-5-7-18/h3-9,14,17H,10-13,15-16H2,1-2H3,(H,26,28,34). The fourth-order valence-corrected chi connectivity index (χ4v) is 4.51. The first kappa shape index (κ1) is 23.5. The van der Waals surface area contributed by atoms with E-state index < -0.39 is 11.2 Å². The number of carbonyl (C=O) groups excluding carboxylic acids is 1. The Hall–Kier alpha value is -4.25. The molecule has 1 aromatic carbocycles. The predicted octanol–water partition coefficient (Wildman–Crippen LogP) is 0.790. The second-order valence-corrected chi connectivity index (χ2v) is 8.95. The van der Waals surface area contributed by atoms with Crippen molar-refractivity contribution in [3.8, 4) is 0 Å². The zero-order chi connectivity index (χ0) is 25.2. The van der Waals surface area contributed by atoms with Crippen molar-refractivity contribution in [2.45, 2.75) is 13.1 Å². The van der Waals surface area contributed by atoms with Crippen molar-refractivity contribution < 1.29 is 4.79 Å². The number of hydrogen-bond donors (Lipinski definition) is 1. The van der Waals surface area contributed by atoms with Crippen LogP contribution < -0.4 is 21.5 Å². The molecule has 1 fully saturated rings. The molecule has 0 unspecified atom stereocenters. The van der Waals surface area contributed by atoms with Crippen LogP contribution in [-0.4, -0.2) is 60.7 Å². The largest absolute Gasteiger partial charge is 0.368 e. The second kappa shape index (κ2) is 9.78. The maximum atomic E-state index is 12.7. The number of aromatic nitrogens is 5. The maximum Gasteiger partial charge on any atom is 0.332 e. The molecule has 1 amide bonds. The number of aryl methyl sites for hydroxylation is 1. The van der Waals surface area contributed by atoms with Crippen LogP contribution in [0.4, 0.5) is 11.5 Å². The molecule has 4 aromatic rings. The van der Waals surface area contributed by atoms with Gasteiger partial charge in [0.05, 0.1) is 18.2 Å². The molecule has 0 atom stereocenters. The number of fused-ring (bicyclic) bond motifs is 1. The summed E-state index contributed by atoms with van der Waals surface area (Å²) < 4.78 is 3.73. The summed E-state index contributed by atoms with van der Waals surface area (Å²) in [5, 5.41) is 2.77. The van der Waals surface area contributed by atoms with E-state index in [-0.39, 0.29) is 23.6 Å². The maximum absolute atomic E-state index is 12.7. The van der Waals surface area contributed by atoms with E-state index in [2.05, 4.69) is 49.4 Å². The SMILES string of the molecule is Cn1c(=O)c2c(ncn2CC(=O)Nc2ccc(N3CCN(Cc4ccccc4)CC3)cn2)n(C)c1=O. The average Bonchev–Trinajstić information content (AvgIpc) is 3.31. The number of nitrogens with one attached hydrogen (secondary N) is 1. The fourth-order valence-electron chi connectivity index (χ4n) is 4.51. The second-order valence-electron chi connectivity index (χ2n) is 8.95. The summed E-state index contributed by atoms with van der Waals surface area (Å²) in [6, 6.07) is 14.2. The first-order chi connectivity index (χ1) is 17.4. The smallest absolute Gasteiger partial charge is 0.332 e. The van der Waals surface area contributed by atoms with Gasteiger partial charge in [-0.3, -0.25) is 23.6 Å². The number of pyridine rings is 1. The molecule has 1 aliphatic heterocycles. The van der Waals surface area contributed by atoms with Crippen LogP contribution in [0.1, 0.15) is 5.56 Å². The third-order valence-electron chi connectivity index (χ3n) is 6.53. The van der Waals surface area contributed by atoms with Gasteiger partial charge >= 0.3 is 5.69 Å². The highest BCUT2D eigenvalue weighted by molar-refractivity contribution is 5.90. The van der Waals surface area contributed by atoms with Gasteiger partial charge in [0.15, 0.2) is 11.2 Å². The number of anilines is 2. The van der Waals surface area contributed by atoms with Crippen molar-refractivity contribution in [3.05, 3.63) is 81.4 Å². The van der Waals surface area contributed by atoms with Gasteiger partial charge in [-0.15, -0.1) is 0 Å². The molecule has 11 nitrogen and oxygen atoms in total. The van der Waals surface area contributed by atoms with Crippen molar-refractivity contribution in [2.75, 3.05) is 36.4 Å². The Morgan fingerprint density at radius 3 is 2.39 bits per heavy atom. The molecule has 5 rings (SSSR count). The number of benzene rings is 1. The lowest BCUT2D eigenvalue weighted by atomic mass is 10.2. The Balaban J connectivity index is 1.19. The van der Waals surface area contributed by atoms with Crippen molar-refractivity contribution >= 4 is 28.6 Å². The van der Waals surface area contributed by atoms with Gasteiger partial charge < -0.3 is 14.8 Å². The monoisotopic (exact) mass is 488 g/mol. The summed E-state index contributed by atoms with van der Waals surface area (Å²) in [5.74, 6) is 0.0798. The first-order valence-electron chi connectivity index (χ1n) is 11.8. The van der Waals surface area contributed by atoms with E-state index in [4.69, 9.17) is 0 Å².